The van der Waals surface area contributed by atoms with Gasteiger partial charge >= 0.3 is 0 Å². The monoisotopic (exact) mass is 273 g/mol. The van der Waals surface area contributed by atoms with Crippen LogP contribution in [0.4, 0.5) is 0 Å². The van der Waals surface area contributed by atoms with Gasteiger partial charge in [-0.3, -0.25) is 4.79 Å². The minimum Gasteiger partial charge on any atom is -0.409 e. The summed E-state index contributed by atoms with van der Waals surface area (Å²) in [7, 11) is 0. The van der Waals surface area contributed by atoms with Crippen molar-refractivity contribution in [3.8, 4) is 0 Å². The molecule has 0 aliphatic heterocycles. The number of rotatable bonds is 6. The van der Waals surface area contributed by atoms with E-state index in [0.29, 0.717) is 12.8 Å². The minimum atomic E-state index is -0.989. The lowest BCUT2D eigenvalue weighted by molar-refractivity contribution is -0.141. The predicted octanol–water partition coefficient (Wildman–Crippen LogP) is -0.504. The molecule has 1 rings (SSSR count). The standard InChI is InChI=1S/C12H23N3O4/c13-10(14-19)12(4-2-1-3-5-12)11(18)15(6-8-16)7-9-17/h16-17,19H,1-9H2,(H2,13,14). The van der Waals surface area contributed by atoms with Crippen LogP contribution < -0.4 is 5.73 Å². The fourth-order valence-electron chi connectivity index (χ4n) is 2.69. The number of hydrogen-bond donors (Lipinski definition) is 4. The number of amidine groups is 1. The second kappa shape index (κ2) is 7.30. The molecule has 0 heterocycles. The summed E-state index contributed by atoms with van der Waals surface area (Å²) in [5, 5.41) is 30.0. The maximum atomic E-state index is 12.6. The zero-order valence-corrected chi connectivity index (χ0v) is 11.1. The van der Waals surface area contributed by atoms with Gasteiger partial charge in [0, 0.05) is 13.1 Å². The first-order valence-electron chi connectivity index (χ1n) is 6.61. The summed E-state index contributed by atoms with van der Waals surface area (Å²) in [4.78, 5) is 14.0. The summed E-state index contributed by atoms with van der Waals surface area (Å²) in [6.45, 7) is -0.0876. The quantitative estimate of drug-likeness (QED) is 0.225. The molecule has 0 atom stereocenters. The van der Waals surface area contributed by atoms with Crippen LogP contribution >= 0.6 is 0 Å². The Bertz CT molecular complexity index is 321. The number of aliphatic hydroxyl groups is 2. The molecule has 7 heteroatoms. The van der Waals surface area contributed by atoms with Crippen LogP contribution in [0.5, 0.6) is 0 Å². The summed E-state index contributed by atoms with van der Waals surface area (Å²) in [6, 6.07) is 0. The fourth-order valence-corrected chi connectivity index (χ4v) is 2.69. The van der Waals surface area contributed by atoms with Crippen LogP contribution in [0, 0.1) is 5.41 Å². The Morgan fingerprint density at radius 1 is 1.16 bits per heavy atom. The zero-order chi connectivity index (χ0) is 14.3. The Morgan fingerprint density at radius 2 is 1.68 bits per heavy atom. The van der Waals surface area contributed by atoms with Crippen molar-refractivity contribution in [2.75, 3.05) is 26.3 Å². The van der Waals surface area contributed by atoms with Crippen molar-refractivity contribution >= 4 is 11.7 Å². The molecule has 0 aromatic carbocycles. The second-order valence-corrected chi connectivity index (χ2v) is 4.87. The molecule has 0 aromatic heterocycles. The smallest absolute Gasteiger partial charge is 0.236 e. The Morgan fingerprint density at radius 3 is 2.11 bits per heavy atom. The third kappa shape index (κ3) is 3.36. The molecule has 1 saturated carbocycles. The van der Waals surface area contributed by atoms with Gasteiger partial charge in [0.05, 0.1) is 13.2 Å². The largest absolute Gasteiger partial charge is 0.409 e. The van der Waals surface area contributed by atoms with Crippen molar-refractivity contribution in [1.29, 1.82) is 0 Å². The van der Waals surface area contributed by atoms with Gasteiger partial charge in [0.1, 0.15) is 5.41 Å². The van der Waals surface area contributed by atoms with Crippen molar-refractivity contribution in [2.24, 2.45) is 16.3 Å². The molecule has 0 radical (unpaired) electrons. The van der Waals surface area contributed by atoms with Gasteiger partial charge in [-0.1, -0.05) is 24.4 Å². The number of nitrogens with two attached hydrogens (primary N) is 1. The lowest BCUT2D eigenvalue weighted by Gasteiger charge is -2.38. The highest BCUT2D eigenvalue weighted by Gasteiger charge is 2.45. The third-order valence-electron chi connectivity index (χ3n) is 3.74. The van der Waals surface area contributed by atoms with Crippen LogP contribution in [0.15, 0.2) is 5.16 Å². The number of aliphatic hydroxyl groups excluding tert-OH is 2. The van der Waals surface area contributed by atoms with E-state index >= 15 is 0 Å². The highest BCUT2D eigenvalue weighted by molar-refractivity contribution is 6.06. The maximum absolute atomic E-state index is 12.6. The predicted molar refractivity (Wildman–Crippen MR) is 69.7 cm³/mol. The molecule has 1 amide bonds. The lowest BCUT2D eigenvalue weighted by atomic mass is 9.72. The summed E-state index contributed by atoms with van der Waals surface area (Å²) in [5.74, 6) is -0.344. The summed E-state index contributed by atoms with van der Waals surface area (Å²) in [6.07, 6.45) is 3.78. The molecular formula is C12H23N3O4. The number of nitrogens with zero attached hydrogens (tertiary/aromatic N) is 2. The van der Waals surface area contributed by atoms with Gasteiger partial charge in [0.15, 0.2) is 5.84 Å². The number of carbonyl (C=O) groups excluding carboxylic acids is 1. The SMILES string of the molecule is NC(=NO)C1(C(=O)N(CCO)CCO)CCCCC1. The van der Waals surface area contributed by atoms with Gasteiger partial charge in [-0.15, -0.1) is 0 Å². The first-order valence-corrected chi connectivity index (χ1v) is 6.61. The highest BCUT2D eigenvalue weighted by Crippen LogP contribution is 2.38. The molecule has 19 heavy (non-hydrogen) atoms. The first kappa shape index (κ1) is 15.7. The van der Waals surface area contributed by atoms with Crippen LogP contribution in [0.25, 0.3) is 0 Å². The molecular weight excluding hydrogens is 250 g/mol. The lowest BCUT2D eigenvalue weighted by Crippen LogP contribution is -2.53. The molecule has 1 aliphatic rings. The van der Waals surface area contributed by atoms with E-state index < -0.39 is 5.41 Å². The van der Waals surface area contributed by atoms with Crippen molar-refractivity contribution < 1.29 is 20.2 Å². The van der Waals surface area contributed by atoms with E-state index in [2.05, 4.69) is 5.16 Å². The Labute approximate surface area is 112 Å². The fraction of sp³-hybridized carbons (Fsp3) is 0.833. The third-order valence-corrected chi connectivity index (χ3v) is 3.74. The van der Waals surface area contributed by atoms with E-state index in [0.717, 1.165) is 19.3 Å². The Kier molecular flexibility index (Phi) is 6.04. The van der Waals surface area contributed by atoms with Gasteiger partial charge in [0.2, 0.25) is 5.91 Å². The van der Waals surface area contributed by atoms with Crippen molar-refractivity contribution in [1.82, 2.24) is 4.90 Å². The highest BCUT2D eigenvalue weighted by atomic mass is 16.4. The molecule has 0 spiro atoms. The molecule has 1 aliphatic carbocycles. The molecule has 0 aromatic rings. The van der Waals surface area contributed by atoms with Crippen molar-refractivity contribution in [2.45, 2.75) is 32.1 Å². The topological polar surface area (TPSA) is 119 Å². The number of carbonyl (C=O) groups is 1. The molecule has 0 saturated heterocycles. The first-order chi connectivity index (χ1) is 9.12. The summed E-state index contributed by atoms with van der Waals surface area (Å²) in [5.41, 5.74) is 4.75. The number of amides is 1. The normalized spacial score (nSPS) is 19.2. The maximum Gasteiger partial charge on any atom is 0.236 e. The zero-order valence-electron chi connectivity index (χ0n) is 11.1. The summed E-state index contributed by atoms with van der Waals surface area (Å²) >= 11 is 0. The average molecular weight is 273 g/mol. The van der Waals surface area contributed by atoms with Crippen LogP contribution in [0.1, 0.15) is 32.1 Å². The average Bonchev–Trinajstić information content (AvgIpc) is 2.46. The van der Waals surface area contributed by atoms with Crippen LogP contribution in [0.2, 0.25) is 0 Å². The number of oxime groups is 1. The Balaban J connectivity index is 2.98. The van der Waals surface area contributed by atoms with E-state index in [9.17, 15) is 4.79 Å². The minimum absolute atomic E-state index is 0.0712. The van der Waals surface area contributed by atoms with E-state index in [4.69, 9.17) is 21.2 Å². The van der Waals surface area contributed by atoms with E-state index in [-0.39, 0.29) is 38.0 Å². The van der Waals surface area contributed by atoms with Gasteiger partial charge in [-0.05, 0) is 12.8 Å². The molecule has 5 N–H and O–H groups in total. The number of hydrogen-bond acceptors (Lipinski definition) is 5. The van der Waals surface area contributed by atoms with Crippen molar-refractivity contribution in [3.63, 3.8) is 0 Å². The van der Waals surface area contributed by atoms with E-state index in [1.165, 1.54) is 4.90 Å². The Hall–Kier alpha value is -1.34. The van der Waals surface area contributed by atoms with Gasteiger partial charge in [-0.2, -0.15) is 0 Å². The van der Waals surface area contributed by atoms with Crippen LogP contribution in [0.3, 0.4) is 0 Å². The second-order valence-electron chi connectivity index (χ2n) is 4.87. The van der Waals surface area contributed by atoms with E-state index in [1.807, 2.05) is 0 Å². The molecule has 1 fully saturated rings. The van der Waals surface area contributed by atoms with Crippen LogP contribution in [-0.4, -0.2) is 58.4 Å². The summed E-state index contributed by atoms with van der Waals surface area (Å²) < 4.78 is 0. The molecule has 0 bridgehead atoms. The van der Waals surface area contributed by atoms with Crippen LogP contribution in [-0.2, 0) is 4.79 Å². The van der Waals surface area contributed by atoms with Gasteiger partial charge in [-0.25, -0.2) is 0 Å². The van der Waals surface area contributed by atoms with E-state index in [1.54, 1.807) is 0 Å². The van der Waals surface area contributed by atoms with Gasteiger partial charge in [0.25, 0.3) is 0 Å². The molecule has 110 valence electrons. The molecule has 0 unspecified atom stereocenters. The molecule has 7 nitrogen and oxygen atoms in total. The van der Waals surface area contributed by atoms with Gasteiger partial charge < -0.3 is 26.1 Å². The van der Waals surface area contributed by atoms with Crippen molar-refractivity contribution in [3.05, 3.63) is 0 Å².